The van der Waals surface area contributed by atoms with E-state index in [1.165, 1.54) is 12.1 Å². The summed E-state index contributed by atoms with van der Waals surface area (Å²) in [6.07, 6.45) is -3.62. The molecule has 1 aromatic heterocycles. The van der Waals surface area contributed by atoms with Gasteiger partial charge in [-0.2, -0.15) is 13.2 Å². The topological polar surface area (TPSA) is 81.6 Å². The highest BCUT2D eigenvalue weighted by Gasteiger charge is 2.34. The number of halogens is 3. The number of aryl methyl sites for hydroxylation is 2. The number of benzene rings is 2. The molecule has 2 aromatic carbocycles. The quantitative estimate of drug-likeness (QED) is 0.511. The SMILES string of the molecule is CN1CCN(c2ccc(Nc3ncc(C(F)(F)F)c(CCc4cccc(C(=O)O)c4)n3)cc2)CC1. The van der Waals surface area contributed by atoms with Crippen molar-refractivity contribution in [3.63, 3.8) is 0 Å². The van der Waals surface area contributed by atoms with Gasteiger partial charge in [0, 0.05) is 43.8 Å². The van der Waals surface area contributed by atoms with Crippen molar-refractivity contribution in [1.29, 1.82) is 0 Å². The van der Waals surface area contributed by atoms with E-state index in [4.69, 9.17) is 5.11 Å². The summed E-state index contributed by atoms with van der Waals surface area (Å²) in [5.41, 5.74) is 1.41. The van der Waals surface area contributed by atoms with Crippen LogP contribution in [0, 0.1) is 0 Å². The Labute approximate surface area is 201 Å². The highest BCUT2D eigenvalue weighted by molar-refractivity contribution is 5.87. The molecular formula is C25H26F3N5O2. The smallest absolute Gasteiger partial charge is 0.419 e. The molecule has 3 aromatic rings. The molecule has 1 fully saturated rings. The molecule has 4 rings (SSSR count). The van der Waals surface area contributed by atoms with Crippen LogP contribution >= 0.6 is 0 Å². The van der Waals surface area contributed by atoms with Crippen LogP contribution in [0.4, 0.5) is 30.5 Å². The minimum Gasteiger partial charge on any atom is -0.478 e. The maximum absolute atomic E-state index is 13.6. The van der Waals surface area contributed by atoms with Crippen molar-refractivity contribution in [3.05, 3.63) is 77.1 Å². The van der Waals surface area contributed by atoms with E-state index in [2.05, 4.69) is 32.1 Å². The Hall–Kier alpha value is -3.66. The largest absolute Gasteiger partial charge is 0.478 e. The Morgan fingerprint density at radius 2 is 1.77 bits per heavy atom. The fourth-order valence-corrected chi connectivity index (χ4v) is 3.98. The normalized spacial score (nSPS) is 14.7. The van der Waals surface area contributed by atoms with E-state index >= 15 is 0 Å². The molecule has 184 valence electrons. The van der Waals surface area contributed by atoms with Crippen LogP contribution in [-0.2, 0) is 19.0 Å². The summed E-state index contributed by atoms with van der Waals surface area (Å²) >= 11 is 0. The van der Waals surface area contributed by atoms with Gasteiger partial charge in [0.2, 0.25) is 5.95 Å². The first-order chi connectivity index (χ1) is 16.7. The van der Waals surface area contributed by atoms with Crippen molar-refractivity contribution in [2.75, 3.05) is 43.4 Å². The van der Waals surface area contributed by atoms with Crippen LogP contribution < -0.4 is 10.2 Å². The Bertz CT molecular complexity index is 1180. The van der Waals surface area contributed by atoms with Crippen LogP contribution in [0.2, 0.25) is 0 Å². The molecule has 0 aliphatic carbocycles. The second-order valence-electron chi connectivity index (χ2n) is 8.52. The summed E-state index contributed by atoms with van der Waals surface area (Å²) in [6.45, 7) is 3.85. The van der Waals surface area contributed by atoms with Crippen molar-refractivity contribution < 1.29 is 23.1 Å². The van der Waals surface area contributed by atoms with Crippen LogP contribution in [-0.4, -0.2) is 59.2 Å². The zero-order valence-corrected chi connectivity index (χ0v) is 19.2. The fraction of sp³-hybridized carbons (Fsp3) is 0.320. The van der Waals surface area contributed by atoms with Gasteiger partial charge >= 0.3 is 12.1 Å². The van der Waals surface area contributed by atoms with Crippen LogP contribution in [0.5, 0.6) is 0 Å². The minimum absolute atomic E-state index is 0.0164. The summed E-state index contributed by atoms with van der Waals surface area (Å²) in [5.74, 6) is -1.02. The number of anilines is 3. The van der Waals surface area contributed by atoms with Crippen LogP contribution in [0.15, 0.2) is 54.7 Å². The first kappa shape index (κ1) is 24.5. The number of aromatic carboxylic acids is 1. The van der Waals surface area contributed by atoms with Crippen molar-refractivity contribution in [1.82, 2.24) is 14.9 Å². The molecule has 1 saturated heterocycles. The number of rotatable bonds is 7. The van der Waals surface area contributed by atoms with E-state index in [1.807, 2.05) is 24.3 Å². The highest BCUT2D eigenvalue weighted by atomic mass is 19.4. The van der Waals surface area contributed by atoms with Gasteiger partial charge in [0.25, 0.3) is 0 Å². The van der Waals surface area contributed by atoms with E-state index in [-0.39, 0.29) is 30.0 Å². The third-order valence-electron chi connectivity index (χ3n) is 5.99. The molecule has 2 heterocycles. The van der Waals surface area contributed by atoms with E-state index in [0.29, 0.717) is 11.3 Å². The summed E-state index contributed by atoms with van der Waals surface area (Å²) in [4.78, 5) is 23.8. The van der Waals surface area contributed by atoms with Gasteiger partial charge in [-0.15, -0.1) is 0 Å². The molecule has 0 unspecified atom stereocenters. The molecule has 0 saturated carbocycles. The summed E-state index contributed by atoms with van der Waals surface area (Å²) in [6, 6.07) is 13.8. The third kappa shape index (κ3) is 6.27. The van der Waals surface area contributed by atoms with Gasteiger partial charge in [0.1, 0.15) is 0 Å². The molecule has 10 heteroatoms. The van der Waals surface area contributed by atoms with Gasteiger partial charge in [-0.25, -0.2) is 14.8 Å². The van der Waals surface area contributed by atoms with Gasteiger partial charge in [0.05, 0.1) is 16.8 Å². The third-order valence-corrected chi connectivity index (χ3v) is 5.99. The van der Waals surface area contributed by atoms with Gasteiger partial charge in [0.15, 0.2) is 0 Å². The van der Waals surface area contributed by atoms with Gasteiger partial charge in [-0.1, -0.05) is 12.1 Å². The lowest BCUT2D eigenvalue weighted by atomic mass is 10.0. The fourth-order valence-electron chi connectivity index (χ4n) is 3.98. The molecule has 2 N–H and O–H groups in total. The Morgan fingerprint density at radius 3 is 2.43 bits per heavy atom. The Balaban J connectivity index is 1.49. The van der Waals surface area contributed by atoms with E-state index in [9.17, 15) is 18.0 Å². The number of likely N-dealkylation sites (N-methyl/N-ethyl adjacent to an activating group) is 1. The lowest BCUT2D eigenvalue weighted by Gasteiger charge is -2.34. The van der Waals surface area contributed by atoms with Gasteiger partial charge in [-0.3, -0.25) is 0 Å². The number of nitrogens with one attached hydrogen (secondary N) is 1. The average molecular weight is 486 g/mol. The van der Waals surface area contributed by atoms with Crippen molar-refractivity contribution in [2.45, 2.75) is 19.0 Å². The molecule has 7 nitrogen and oxygen atoms in total. The van der Waals surface area contributed by atoms with Crippen LogP contribution in [0.3, 0.4) is 0 Å². The van der Waals surface area contributed by atoms with Crippen LogP contribution in [0.1, 0.15) is 27.2 Å². The zero-order valence-electron chi connectivity index (χ0n) is 19.2. The number of hydrogen-bond donors (Lipinski definition) is 2. The second kappa shape index (κ2) is 10.3. The van der Waals surface area contributed by atoms with E-state index < -0.39 is 17.7 Å². The maximum atomic E-state index is 13.6. The predicted molar refractivity (Wildman–Crippen MR) is 127 cm³/mol. The van der Waals surface area contributed by atoms with Gasteiger partial charge in [-0.05, 0) is 61.9 Å². The monoisotopic (exact) mass is 485 g/mol. The number of carbonyl (C=O) groups is 1. The molecule has 0 spiro atoms. The summed E-state index contributed by atoms with van der Waals surface area (Å²) in [7, 11) is 2.09. The van der Waals surface area contributed by atoms with Crippen LogP contribution in [0.25, 0.3) is 0 Å². The summed E-state index contributed by atoms with van der Waals surface area (Å²) in [5, 5.41) is 12.1. The maximum Gasteiger partial charge on any atom is 0.419 e. The molecule has 0 radical (unpaired) electrons. The minimum atomic E-state index is -4.60. The molecule has 1 aliphatic rings. The average Bonchev–Trinajstić information content (AvgIpc) is 2.83. The number of hydrogen-bond acceptors (Lipinski definition) is 6. The van der Waals surface area contributed by atoms with Gasteiger partial charge < -0.3 is 20.2 Å². The number of nitrogens with zero attached hydrogens (tertiary/aromatic N) is 4. The molecular weight excluding hydrogens is 459 g/mol. The van der Waals surface area contributed by atoms with Crippen molar-refractivity contribution in [3.8, 4) is 0 Å². The Kier molecular flexibility index (Phi) is 7.20. The standard InChI is InChI=1S/C25H26F3N5O2/c1-32-11-13-33(14-12-32)20-8-6-19(7-9-20)30-24-29-16-21(25(26,27)28)22(31-24)10-5-17-3-2-4-18(15-17)23(34)35/h2-4,6-9,15-16H,5,10-14H2,1H3,(H,34,35)(H,29,30,31). The number of carboxylic acid groups (broad SMARTS) is 1. The highest BCUT2D eigenvalue weighted by Crippen LogP contribution is 2.32. The summed E-state index contributed by atoms with van der Waals surface area (Å²) < 4.78 is 40.7. The molecule has 0 atom stereocenters. The number of carboxylic acids is 1. The van der Waals surface area contributed by atoms with E-state index in [1.54, 1.807) is 12.1 Å². The first-order valence-corrected chi connectivity index (χ1v) is 11.2. The lowest BCUT2D eigenvalue weighted by molar-refractivity contribution is -0.138. The molecule has 35 heavy (non-hydrogen) atoms. The van der Waals surface area contributed by atoms with E-state index in [0.717, 1.165) is 38.1 Å². The number of aromatic nitrogens is 2. The Morgan fingerprint density at radius 1 is 1.06 bits per heavy atom. The number of piperazine rings is 1. The zero-order chi connectivity index (χ0) is 25.0. The lowest BCUT2D eigenvalue weighted by Crippen LogP contribution is -2.44. The second-order valence-corrected chi connectivity index (χ2v) is 8.52. The van der Waals surface area contributed by atoms with Crippen molar-refractivity contribution in [2.24, 2.45) is 0 Å². The van der Waals surface area contributed by atoms with Crippen molar-refractivity contribution >= 4 is 23.3 Å². The molecule has 0 amide bonds. The predicted octanol–water partition coefficient (Wildman–Crippen LogP) is 4.47. The molecule has 0 bridgehead atoms. The first-order valence-electron chi connectivity index (χ1n) is 11.2. The number of alkyl halides is 3. The molecule has 1 aliphatic heterocycles.